The second-order valence-corrected chi connectivity index (χ2v) is 4.10. The summed E-state index contributed by atoms with van der Waals surface area (Å²) >= 11 is 0. The summed E-state index contributed by atoms with van der Waals surface area (Å²) in [5.41, 5.74) is 11.5. The Bertz CT molecular complexity index is 417. The predicted molar refractivity (Wildman–Crippen MR) is 77.0 cm³/mol. The predicted octanol–water partition coefficient (Wildman–Crippen LogP) is 0.702. The number of nitrogens with zero attached hydrogens (tertiary/aromatic N) is 1. The van der Waals surface area contributed by atoms with Crippen LogP contribution in [0, 0.1) is 0 Å². The Morgan fingerprint density at radius 1 is 1.30 bits per heavy atom. The molecule has 0 bridgehead atoms. The maximum Gasteiger partial charge on any atom is 0.320 e. The number of aliphatic imine (C=N–C) groups is 1. The van der Waals surface area contributed by atoms with Gasteiger partial charge in [-0.1, -0.05) is 30.3 Å². The first-order chi connectivity index (χ1) is 9.61. The first kappa shape index (κ1) is 18.0. The van der Waals surface area contributed by atoms with Gasteiger partial charge in [0.15, 0.2) is 0 Å². The number of carbonyl (C=O) groups excluding carboxylic acids is 1. The summed E-state index contributed by atoms with van der Waals surface area (Å²) in [7, 11) is 0. The molecule has 0 saturated heterocycles. The summed E-state index contributed by atoms with van der Waals surface area (Å²) < 4.78 is 0. The third kappa shape index (κ3) is 9.96. The number of nitrogens with two attached hydrogens (primary N) is 2. The molecule has 5 N–H and O–H groups in total. The number of unbranched alkanes of at least 4 members (excludes halogenated alkanes) is 1. The highest BCUT2D eigenvalue weighted by Gasteiger charge is 2.10. The zero-order chi connectivity index (χ0) is 15.2. The molecule has 6 nitrogen and oxygen atoms in total. The van der Waals surface area contributed by atoms with E-state index in [1.165, 1.54) is 6.08 Å². The van der Waals surface area contributed by atoms with Gasteiger partial charge < -0.3 is 16.6 Å². The van der Waals surface area contributed by atoms with E-state index in [0.29, 0.717) is 19.5 Å². The van der Waals surface area contributed by atoms with Crippen LogP contribution < -0.4 is 11.5 Å². The van der Waals surface area contributed by atoms with Crippen molar-refractivity contribution >= 4 is 12.0 Å². The molecular formula is C14H21N3O3. The number of benzene rings is 1. The number of rotatable bonds is 7. The maximum atomic E-state index is 10.4. The molecule has 1 aromatic carbocycles. The first-order valence-electron chi connectivity index (χ1n) is 6.37. The Labute approximate surface area is 118 Å². The van der Waals surface area contributed by atoms with Crippen LogP contribution in [0.5, 0.6) is 0 Å². The van der Waals surface area contributed by atoms with Gasteiger partial charge in [-0.2, -0.15) is 0 Å². The lowest BCUT2D eigenvalue weighted by Gasteiger charge is -2.04. The van der Waals surface area contributed by atoms with Crippen LogP contribution in [0.25, 0.3) is 0 Å². The molecule has 0 radical (unpaired) electrons. The molecule has 1 rings (SSSR count). The highest BCUT2D eigenvalue weighted by atomic mass is 16.4. The van der Waals surface area contributed by atoms with E-state index in [-0.39, 0.29) is 0 Å². The lowest BCUT2D eigenvalue weighted by Crippen LogP contribution is -2.32. The van der Waals surface area contributed by atoms with Gasteiger partial charge in [0.05, 0.1) is 6.54 Å². The minimum Gasteiger partial charge on any atom is -0.480 e. The monoisotopic (exact) mass is 279 g/mol. The van der Waals surface area contributed by atoms with Gasteiger partial charge in [0.25, 0.3) is 0 Å². The Morgan fingerprint density at radius 3 is 2.45 bits per heavy atom. The SMILES string of the molecule is NC(Cc1ccccc1)C(=O)O.NCCCCN=C=O. The molecule has 0 aliphatic carbocycles. The highest BCUT2D eigenvalue weighted by Crippen LogP contribution is 2.01. The molecule has 0 heterocycles. The normalized spacial score (nSPS) is 10.7. The fourth-order valence-electron chi connectivity index (χ4n) is 1.34. The summed E-state index contributed by atoms with van der Waals surface area (Å²) in [6.45, 7) is 1.25. The largest absolute Gasteiger partial charge is 0.480 e. The zero-order valence-corrected chi connectivity index (χ0v) is 11.4. The minimum atomic E-state index is -0.959. The molecule has 0 amide bonds. The standard InChI is InChI=1S/C9H11NO2.C5H10N2O/c10-8(9(11)12)6-7-4-2-1-3-5-7;6-3-1-2-4-7-5-8/h1-5,8H,6,10H2,(H,11,12);1-4,6H2. The number of hydrogen-bond donors (Lipinski definition) is 3. The maximum absolute atomic E-state index is 10.4. The fourth-order valence-corrected chi connectivity index (χ4v) is 1.34. The smallest absolute Gasteiger partial charge is 0.320 e. The summed E-state index contributed by atoms with van der Waals surface area (Å²) in [5, 5.41) is 8.52. The van der Waals surface area contributed by atoms with E-state index >= 15 is 0 Å². The van der Waals surface area contributed by atoms with Crippen molar-refractivity contribution in [1.82, 2.24) is 0 Å². The van der Waals surface area contributed by atoms with Crippen LogP contribution in [-0.2, 0) is 16.0 Å². The van der Waals surface area contributed by atoms with Gasteiger partial charge >= 0.3 is 5.97 Å². The van der Waals surface area contributed by atoms with Crippen LogP contribution >= 0.6 is 0 Å². The van der Waals surface area contributed by atoms with Crippen molar-refractivity contribution in [3.63, 3.8) is 0 Å². The molecule has 1 aromatic rings. The van der Waals surface area contributed by atoms with Crippen molar-refractivity contribution < 1.29 is 14.7 Å². The van der Waals surface area contributed by atoms with Crippen molar-refractivity contribution in [3.8, 4) is 0 Å². The van der Waals surface area contributed by atoms with Crippen LogP contribution in [-0.4, -0.2) is 36.3 Å². The Hall–Kier alpha value is -2.01. The van der Waals surface area contributed by atoms with E-state index in [0.717, 1.165) is 18.4 Å². The molecule has 0 saturated carbocycles. The Kier molecular flexibility index (Phi) is 10.8. The summed E-state index contributed by atoms with van der Waals surface area (Å²) in [5.74, 6) is -0.959. The molecule has 110 valence electrons. The first-order valence-corrected chi connectivity index (χ1v) is 6.37. The third-order valence-electron chi connectivity index (χ3n) is 2.40. The lowest BCUT2D eigenvalue weighted by atomic mass is 10.1. The van der Waals surface area contributed by atoms with E-state index in [2.05, 4.69) is 4.99 Å². The van der Waals surface area contributed by atoms with Crippen LogP contribution in [0.1, 0.15) is 18.4 Å². The van der Waals surface area contributed by atoms with E-state index in [9.17, 15) is 9.59 Å². The number of aliphatic carboxylic acids is 1. The van der Waals surface area contributed by atoms with Gasteiger partial charge in [-0.05, 0) is 31.4 Å². The molecule has 0 fully saturated rings. The minimum absolute atomic E-state index is 0.385. The quantitative estimate of drug-likeness (QED) is 0.385. The lowest BCUT2D eigenvalue weighted by molar-refractivity contribution is -0.138. The zero-order valence-electron chi connectivity index (χ0n) is 11.4. The van der Waals surface area contributed by atoms with E-state index in [1.807, 2.05) is 30.3 Å². The second-order valence-electron chi connectivity index (χ2n) is 4.10. The average molecular weight is 279 g/mol. The van der Waals surface area contributed by atoms with Crippen LogP contribution in [0.4, 0.5) is 0 Å². The number of carboxylic acid groups (broad SMARTS) is 1. The van der Waals surface area contributed by atoms with Gasteiger partial charge in [0.2, 0.25) is 6.08 Å². The number of carboxylic acids is 1. The molecule has 0 aliphatic heterocycles. The van der Waals surface area contributed by atoms with Crippen molar-refractivity contribution in [2.75, 3.05) is 13.1 Å². The number of carbonyl (C=O) groups is 1. The summed E-state index contributed by atoms with van der Waals surface area (Å²) in [6, 6.07) is 8.54. The average Bonchev–Trinajstić information content (AvgIpc) is 2.45. The van der Waals surface area contributed by atoms with Crippen LogP contribution in [0.15, 0.2) is 35.3 Å². The van der Waals surface area contributed by atoms with Crippen LogP contribution in [0.2, 0.25) is 0 Å². The molecule has 0 aromatic heterocycles. The highest BCUT2D eigenvalue weighted by molar-refractivity contribution is 5.73. The van der Waals surface area contributed by atoms with Gasteiger partial charge in [0.1, 0.15) is 6.04 Å². The molecule has 1 atom stereocenters. The molecule has 6 heteroatoms. The van der Waals surface area contributed by atoms with Gasteiger partial charge in [-0.25, -0.2) is 9.79 Å². The fraction of sp³-hybridized carbons (Fsp3) is 0.429. The molecular weight excluding hydrogens is 258 g/mol. The van der Waals surface area contributed by atoms with Crippen molar-refractivity contribution in [2.24, 2.45) is 16.5 Å². The topological polar surface area (TPSA) is 119 Å². The summed E-state index contributed by atoms with van der Waals surface area (Å²) in [4.78, 5) is 23.2. The molecule has 20 heavy (non-hydrogen) atoms. The van der Waals surface area contributed by atoms with Gasteiger partial charge in [-0.15, -0.1) is 0 Å². The molecule has 0 aliphatic rings. The third-order valence-corrected chi connectivity index (χ3v) is 2.40. The summed E-state index contributed by atoms with van der Waals surface area (Å²) in [6.07, 6.45) is 3.68. The molecule has 0 spiro atoms. The van der Waals surface area contributed by atoms with Crippen molar-refractivity contribution in [2.45, 2.75) is 25.3 Å². The van der Waals surface area contributed by atoms with E-state index < -0.39 is 12.0 Å². The van der Waals surface area contributed by atoms with Crippen molar-refractivity contribution in [3.05, 3.63) is 35.9 Å². The van der Waals surface area contributed by atoms with Gasteiger partial charge in [0, 0.05) is 0 Å². The Morgan fingerprint density at radius 2 is 1.95 bits per heavy atom. The second kappa shape index (κ2) is 12.0. The van der Waals surface area contributed by atoms with E-state index in [1.54, 1.807) is 0 Å². The number of hydrogen-bond acceptors (Lipinski definition) is 5. The van der Waals surface area contributed by atoms with Crippen LogP contribution in [0.3, 0.4) is 0 Å². The van der Waals surface area contributed by atoms with E-state index in [4.69, 9.17) is 16.6 Å². The van der Waals surface area contributed by atoms with Gasteiger partial charge in [-0.3, -0.25) is 4.79 Å². The Balaban J connectivity index is 0.000000396. The number of isocyanates is 1. The van der Waals surface area contributed by atoms with Crippen molar-refractivity contribution in [1.29, 1.82) is 0 Å². The molecule has 1 unspecified atom stereocenters.